The Bertz CT molecular complexity index is 1760. The second kappa shape index (κ2) is 6.81. The van der Waals surface area contributed by atoms with E-state index in [2.05, 4.69) is 109 Å². The Labute approximate surface area is 189 Å². The van der Waals surface area contributed by atoms with Gasteiger partial charge in [-0.1, -0.05) is 78.9 Å². The fourth-order valence-electron chi connectivity index (χ4n) is 4.87. The van der Waals surface area contributed by atoms with Crippen LogP contribution in [0.1, 0.15) is 0 Å². The molecule has 0 amide bonds. The number of rotatable bonds is 2. The maximum atomic E-state index is 6.52. The molecule has 32 heavy (non-hydrogen) atoms. The molecule has 0 aliphatic heterocycles. The molecule has 2 heterocycles. The van der Waals surface area contributed by atoms with Crippen LogP contribution in [0.2, 0.25) is 0 Å². The minimum absolute atomic E-state index is 0.919. The smallest absolute Gasteiger partial charge is 0.135 e. The minimum atomic E-state index is 0.919. The van der Waals surface area contributed by atoms with Crippen molar-refractivity contribution in [2.45, 2.75) is 0 Å². The molecule has 0 saturated heterocycles. The van der Waals surface area contributed by atoms with Crippen LogP contribution in [0.15, 0.2) is 114 Å². The first kappa shape index (κ1) is 17.8. The highest BCUT2D eigenvalue weighted by atomic mass is 32.1. The van der Waals surface area contributed by atoms with E-state index in [0.717, 1.165) is 11.2 Å². The van der Waals surface area contributed by atoms with E-state index < -0.39 is 0 Å². The summed E-state index contributed by atoms with van der Waals surface area (Å²) in [5.74, 6) is 0. The quantitative estimate of drug-likeness (QED) is 0.268. The maximum absolute atomic E-state index is 6.52. The van der Waals surface area contributed by atoms with Crippen LogP contribution in [0.3, 0.4) is 0 Å². The highest BCUT2D eigenvalue weighted by Crippen LogP contribution is 2.42. The summed E-state index contributed by atoms with van der Waals surface area (Å²) >= 11 is 1.84. The van der Waals surface area contributed by atoms with Crippen LogP contribution in [0.25, 0.3) is 64.4 Å². The summed E-state index contributed by atoms with van der Waals surface area (Å²) in [6.07, 6.45) is 0. The molecule has 0 saturated carbocycles. The molecule has 0 spiro atoms. The van der Waals surface area contributed by atoms with Gasteiger partial charge in [0.2, 0.25) is 0 Å². The van der Waals surface area contributed by atoms with Crippen molar-refractivity contribution in [2.24, 2.45) is 0 Å². The number of benzene rings is 5. The SMILES string of the molecule is c1ccc(-c2ccc(-c3ccc4oc5cccc6cccc(c7cccc3c47)c65)s2)cc1. The van der Waals surface area contributed by atoms with Crippen molar-refractivity contribution in [2.75, 3.05) is 0 Å². The van der Waals surface area contributed by atoms with Gasteiger partial charge in [0.05, 0.1) is 0 Å². The Balaban J connectivity index is 1.57. The summed E-state index contributed by atoms with van der Waals surface area (Å²) in [5.41, 5.74) is 4.35. The fourth-order valence-corrected chi connectivity index (χ4v) is 5.92. The average molecular weight is 427 g/mol. The van der Waals surface area contributed by atoms with Gasteiger partial charge in [0.25, 0.3) is 0 Å². The third-order valence-corrected chi connectivity index (χ3v) is 7.48. The van der Waals surface area contributed by atoms with Gasteiger partial charge in [-0.2, -0.15) is 0 Å². The molecular weight excluding hydrogens is 408 g/mol. The standard InChI is InChI=1S/C30H18OS/c1-2-7-19(8-3-1)27-17-18-28(32-27)21-15-16-26-30-22(21)12-6-13-24(30)23-11-4-9-20-10-5-14-25(31-26)29(20)23/h1-18H. The van der Waals surface area contributed by atoms with Gasteiger partial charge in [-0.25, -0.2) is 0 Å². The number of thiophene rings is 1. The van der Waals surface area contributed by atoms with E-state index in [-0.39, 0.29) is 0 Å². The first-order chi connectivity index (χ1) is 15.9. The summed E-state index contributed by atoms with van der Waals surface area (Å²) in [6.45, 7) is 0. The third-order valence-electron chi connectivity index (χ3n) is 6.31. The van der Waals surface area contributed by atoms with Gasteiger partial charge in [-0.3, -0.25) is 0 Å². The molecule has 1 nitrogen and oxygen atoms in total. The summed E-state index contributed by atoms with van der Waals surface area (Å²) in [4.78, 5) is 2.55. The Morgan fingerprint density at radius 3 is 2.03 bits per heavy atom. The fraction of sp³-hybridized carbons (Fsp3) is 0. The predicted molar refractivity (Wildman–Crippen MR) is 137 cm³/mol. The zero-order valence-electron chi connectivity index (χ0n) is 17.2. The van der Waals surface area contributed by atoms with E-state index in [1.165, 1.54) is 53.2 Å². The number of fused-ring (bicyclic) bond motifs is 1. The van der Waals surface area contributed by atoms with Crippen molar-refractivity contribution < 1.29 is 4.42 Å². The molecule has 5 aromatic carbocycles. The van der Waals surface area contributed by atoms with Crippen molar-refractivity contribution in [3.63, 3.8) is 0 Å². The highest BCUT2D eigenvalue weighted by Gasteiger charge is 2.14. The highest BCUT2D eigenvalue weighted by molar-refractivity contribution is 7.18. The largest absolute Gasteiger partial charge is 0.456 e. The monoisotopic (exact) mass is 426 g/mol. The van der Waals surface area contributed by atoms with E-state index in [4.69, 9.17) is 4.42 Å². The van der Waals surface area contributed by atoms with Crippen LogP contribution < -0.4 is 0 Å². The van der Waals surface area contributed by atoms with Crippen LogP contribution in [0.4, 0.5) is 0 Å². The Hall–Kier alpha value is -3.88. The second-order valence-corrected chi connectivity index (χ2v) is 9.21. The molecule has 0 unspecified atom stereocenters. The molecule has 0 bridgehead atoms. The van der Waals surface area contributed by atoms with Crippen LogP contribution in [0.5, 0.6) is 0 Å². The lowest BCUT2D eigenvalue weighted by Gasteiger charge is -2.07. The molecule has 2 aromatic heterocycles. The van der Waals surface area contributed by atoms with E-state index in [1.54, 1.807) is 0 Å². The maximum Gasteiger partial charge on any atom is 0.135 e. The van der Waals surface area contributed by atoms with Crippen LogP contribution in [-0.2, 0) is 0 Å². The zero-order chi connectivity index (χ0) is 21.1. The van der Waals surface area contributed by atoms with Crippen LogP contribution in [0, 0.1) is 0 Å². The molecule has 2 heteroatoms. The molecule has 0 aliphatic rings. The molecule has 7 aromatic rings. The van der Waals surface area contributed by atoms with Gasteiger partial charge in [0.15, 0.2) is 0 Å². The molecule has 150 valence electrons. The lowest BCUT2D eigenvalue weighted by atomic mass is 9.97. The van der Waals surface area contributed by atoms with Gasteiger partial charge in [-0.05, 0) is 63.0 Å². The zero-order valence-corrected chi connectivity index (χ0v) is 18.0. The lowest BCUT2D eigenvalue weighted by Crippen LogP contribution is -1.81. The Kier molecular flexibility index (Phi) is 3.78. The molecule has 0 radical (unpaired) electrons. The van der Waals surface area contributed by atoms with E-state index >= 15 is 0 Å². The summed E-state index contributed by atoms with van der Waals surface area (Å²) in [5, 5.41) is 7.26. The van der Waals surface area contributed by atoms with Gasteiger partial charge in [0.1, 0.15) is 11.2 Å². The first-order valence-electron chi connectivity index (χ1n) is 10.8. The van der Waals surface area contributed by atoms with E-state index in [9.17, 15) is 0 Å². The van der Waals surface area contributed by atoms with Gasteiger partial charge >= 0.3 is 0 Å². The lowest BCUT2D eigenvalue weighted by molar-refractivity contribution is 0.664. The van der Waals surface area contributed by atoms with Crippen molar-refractivity contribution in [1.82, 2.24) is 0 Å². The van der Waals surface area contributed by atoms with Crippen molar-refractivity contribution >= 4 is 54.8 Å². The number of hydrogen-bond acceptors (Lipinski definition) is 2. The van der Waals surface area contributed by atoms with Crippen LogP contribution in [-0.4, -0.2) is 0 Å². The summed E-state index contributed by atoms with van der Waals surface area (Å²) in [6, 6.07) is 38.8. The van der Waals surface area contributed by atoms with Crippen molar-refractivity contribution in [1.29, 1.82) is 0 Å². The Morgan fingerprint density at radius 2 is 1.16 bits per heavy atom. The Morgan fingerprint density at radius 1 is 0.469 bits per heavy atom. The van der Waals surface area contributed by atoms with Crippen molar-refractivity contribution in [3.05, 3.63) is 109 Å². The second-order valence-electron chi connectivity index (χ2n) is 8.13. The summed E-state index contributed by atoms with van der Waals surface area (Å²) in [7, 11) is 0. The number of hydrogen-bond donors (Lipinski definition) is 0. The molecule has 0 aliphatic carbocycles. The summed E-state index contributed by atoms with van der Waals surface area (Å²) < 4.78 is 6.52. The van der Waals surface area contributed by atoms with Crippen molar-refractivity contribution in [3.8, 4) is 20.9 Å². The third kappa shape index (κ3) is 2.57. The topological polar surface area (TPSA) is 13.1 Å². The van der Waals surface area contributed by atoms with Gasteiger partial charge in [0, 0.05) is 20.5 Å². The molecule has 0 atom stereocenters. The van der Waals surface area contributed by atoms with Crippen LogP contribution >= 0.6 is 11.3 Å². The molecule has 7 rings (SSSR count). The van der Waals surface area contributed by atoms with E-state index in [0.29, 0.717) is 0 Å². The normalized spacial score (nSPS) is 11.8. The molecular formula is C30H18OS. The van der Waals surface area contributed by atoms with Gasteiger partial charge in [-0.15, -0.1) is 11.3 Å². The molecule has 0 fully saturated rings. The van der Waals surface area contributed by atoms with Gasteiger partial charge < -0.3 is 4.42 Å². The van der Waals surface area contributed by atoms with E-state index in [1.807, 2.05) is 11.3 Å². The molecule has 0 N–H and O–H groups in total. The average Bonchev–Trinajstić information content (AvgIpc) is 3.29. The minimum Gasteiger partial charge on any atom is -0.456 e. The predicted octanol–water partition coefficient (Wildman–Crippen LogP) is 9.29. The first-order valence-corrected chi connectivity index (χ1v) is 11.6.